The smallest absolute Gasteiger partial charge is 0.166 e. The monoisotopic (exact) mass is 445 g/mol. The predicted molar refractivity (Wildman–Crippen MR) is 131 cm³/mol. The third kappa shape index (κ3) is 3.64. The van der Waals surface area contributed by atoms with E-state index in [2.05, 4.69) is 82.4 Å². The largest absolute Gasteiger partial charge is 0.368 e. The number of aromatic amines is 1. The van der Waals surface area contributed by atoms with Crippen molar-refractivity contribution in [3.05, 3.63) is 52.9 Å². The molecule has 0 bridgehead atoms. The Morgan fingerprint density at radius 1 is 1.16 bits per heavy atom. The number of benzene rings is 1. The average molecular weight is 446 g/mol. The van der Waals surface area contributed by atoms with Gasteiger partial charge in [0.25, 0.3) is 0 Å². The van der Waals surface area contributed by atoms with Crippen LogP contribution in [-0.2, 0) is 6.42 Å². The van der Waals surface area contributed by atoms with Gasteiger partial charge in [-0.15, -0.1) is 11.3 Å². The zero-order chi connectivity index (χ0) is 22.2. The minimum Gasteiger partial charge on any atom is -0.368 e. The van der Waals surface area contributed by atoms with Gasteiger partial charge in [0, 0.05) is 39.3 Å². The number of thiophene rings is 1. The molecule has 0 atom stereocenters. The van der Waals surface area contributed by atoms with E-state index in [-0.39, 0.29) is 6.04 Å². The number of fused-ring (bicyclic) bond motifs is 2. The highest BCUT2D eigenvalue weighted by molar-refractivity contribution is 7.17. The molecule has 8 heteroatoms. The quantitative estimate of drug-likeness (QED) is 0.315. The van der Waals surface area contributed by atoms with Crippen molar-refractivity contribution in [3.63, 3.8) is 0 Å². The van der Waals surface area contributed by atoms with Crippen LogP contribution in [0.5, 0.6) is 0 Å². The van der Waals surface area contributed by atoms with Gasteiger partial charge < -0.3 is 9.88 Å². The number of nitrogens with one attached hydrogen (secondary N) is 2. The third-order valence-corrected chi connectivity index (χ3v) is 6.84. The van der Waals surface area contributed by atoms with Gasteiger partial charge in [-0.1, -0.05) is 18.2 Å². The van der Waals surface area contributed by atoms with Gasteiger partial charge in [-0.05, 0) is 52.2 Å². The fraction of sp³-hybridized carbons (Fsp3) is 0.333. The first-order valence-electron chi connectivity index (χ1n) is 11.0. The molecule has 5 aromatic rings. The first-order chi connectivity index (χ1) is 15.5. The molecule has 4 aromatic heterocycles. The van der Waals surface area contributed by atoms with Crippen molar-refractivity contribution in [1.29, 1.82) is 0 Å². The number of rotatable bonds is 7. The SMILES string of the molecule is Cc1n[nH]c(C)c1CCCNc1nc(-c2csc3ccccc23)nc2c1ncn2C(C)C. The number of anilines is 1. The summed E-state index contributed by atoms with van der Waals surface area (Å²) in [5, 5.41) is 14.2. The van der Waals surface area contributed by atoms with Crippen LogP contribution in [0.3, 0.4) is 0 Å². The molecule has 32 heavy (non-hydrogen) atoms. The van der Waals surface area contributed by atoms with E-state index in [0.29, 0.717) is 0 Å². The maximum atomic E-state index is 4.95. The molecule has 1 aromatic carbocycles. The van der Waals surface area contributed by atoms with Gasteiger partial charge in [-0.25, -0.2) is 15.0 Å². The fourth-order valence-electron chi connectivity index (χ4n) is 4.10. The van der Waals surface area contributed by atoms with Crippen LogP contribution < -0.4 is 5.32 Å². The molecule has 5 rings (SSSR count). The van der Waals surface area contributed by atoms with Crippen LogP contribution in [-0.4, -0.2) is 36.3 Å². The lowest BCUT2D eigenvalue weighted by Gasteiger charge is -2.11. The van der Waals surface area contributed by atoms with Gasteiger partial charge in [0.15, 0.2) is 17.3 Å². The number of aromatic nitrogens is 6. The van der Waals surface area contributed by atoms with Crippen molar-refractivity contribution in [2.24, 2.45) is 0 Å². The van der Waals surface area contributed by atoms with E-state index in [1.807, 2.05) is 6.33 Å². The Kier molecular flexibility index (Phi) is 5.38. The lowest BCUT2D eigenvalue weighted by atomic mass is 10.1. The molecule has 0 radical (unpaired) electrons. The normalized spacial score (nSPS) is 11.8. The van der Waals surface area contributed by atoms with Crippen molar-refractivity contribution in [3.8, 4) is 11.4 Å². The Morgan fingerprint density at radius 3 is 2.78 bits per heavy atom. The molecular formula is C24H27N7S. The van der Waals surface area contributed by atoms with Gasteiger partial charge in [-0.2, -0.15) is 5.10 Å². The van der Waals surface area contributed by atoms with E-state index in [4.69, 9.17) is 9.97 Å². The summed E-state index contributed by atoms with van der Waals surface area (Å²) < 4.78 is 3.35. The number of imidazole rings is 1. The molecule has 0 unspecified atom stereocenters. The van der Waals surface area contributed by atoms with Gasteiger partial charge in [0.2, 0.25) is 0 Å². The van der Waals surface area contributed by atoms with Crippen LogP contribution in [0.2, 0.25) is 0 Å². The summed E-state index contributed by atoms with van der Waals surface area (Å²) in [7, 11) is 0. The van der Waals surface area contributed by atoms with Gasteiger partial charge in [-0.3, -0.25) is 5.10 Å². The summed E-state index contributed by atoms with van der Waals surface area (Å²) in [5.41, 5.74) is 6.27. The van der Waals surface area contributed by atoms with Crippen molar-refractivity contribution in [2.75, 3.05) is 11.9 Å². The number of H-pyrrole nitrogens is 1. The van der Waals surface area contributed by atoms with Crippen molar-refractivity contribution < 1.29 is 0 Å². The fourth-order valence-corrected chi connectivity index (χ4v) is 5.04. The maximum absolute atomic E-state index is 4.95. The maximum Gasteiger partial charge on any atom is 0.166 e. The van der Waals surface area contributed by atoms with Gasteiger partial charge >= 0.3 is 0 Å². The molecule has 0 spiro atoms. The highest BCUT2D eigenvalue weighted by Gasteiger charge is 2.17. The summed E-state index contributed by atoms with van der Waals surface area (Å²) >= 11 is 1.72. The molecule has 0 saturated heterocycles. The second-order valence-electron chi connectivity index (χ2n) is 8.40. The highest BCUT2D eigenvalue weighted by atomic mass is 32.1. The van der Waals surface area contributed by atoms with Crippen molar-refractivity contribution >= 4 is 38.4 Å². The molecule has 0 aliphatic heterocycles. The van der Waals surface area contributed by atoms with Crippen LogP contribution in [0.25, 0.3) is 32.6 Å². The molecule has 0 amide bonds. The lowest BCUT2D eigenvalue weighted by molar-refractivity contribution is 0.613. The highest BCUT2D eigenvalue weighted by Crippen LogP contribution is 2.34. The Bertz CT molecular complexity index is 1370. The number of hydrogen-bond acceptors (Lipinski definition) is 6. The Balaban J connectivity index is 1.48. The van der Waals surface area contributed by atoms with E-state index in [0.717, 1.165) is 59.1 Å². The number of aryl methyl sites for hydroxylation is 2. The number of nitrogens with zero attached hydrogens (tertiary/aromatic N) is 5. The minimum absolute atomic E-state index is 0.266. The molecule has 2 N–H and O–H groups in total. The standard InChI is InChI=1S/C24H27N7S/c1-14(2)31-13-26-21-23(25-11-7-9-17-15(3)29-30-16(17)4)27-22(28-24(21)31)19-12-32-20-10-6-5-8-18(19)20/h5-6,8,10,12-14H,7,9,11H2,1-4H3,(H,29,30)(H,25,27,28). The van der Waals surface area contributed by atoms with E-state index in [9.17, 15) is 0 Å². The van der Waals surface area contributed by atoms with E-state index in [1.54, 1.807) is 11.3 Å². The molecule has 0 saturated carbocycles. The van der Waals surface area contributed by atoms with E-state index >= 15 is 0 Å². The molecular weight excluding hydrogens is 418 g/mol. The van der Waals surface area contributed by atoms with E-state index in [1.165, 1.54) is 15.6 Å². The van der Waals surface area contributed by atoms with Gasteiger partial charge in [0.05, 0.1) is 12.0 Å². The Hall–Kier alpha value is -3.26. The lowest BCUT2D eigenvalue weighted by Crippen LogP contribution is -2.08. The van der Waals surface area contributed by atoms with Crippen LogP contribution in [0.15, 0.2) is 36.0 Å². The Morgan fingerprint density at radius 2 is 2.00 bits per heavy atom. The Labute approximate surface area is 190 Å². The second-order valence-corrected chi connectivity index (χ2v) is 9.31. The summed E-state index contributed by atoms with van der Waals surface area (Å²) in [5.74, 6) is 1.53. The van der Waals surface area contributed by atoms with Crippen molar-refractivity contribution in [2.45, 2.75) is 46.6 Å². The summed E-state index contributed by atoms with van der Waals surface area (Å²) in [4.78, 5) is 14.5. The summed E-state index contributed by atoms with van der Waals surface area (Å²) in [6.07, 6.45) is 3.81. The molecule has 4 heterocycles. The first kappa shape index (κ1) is 20.6. The molecule has 0 fully saturated rings. The average Bonchev–Trinajstić information content (AvgIpc) is 3.48. The molecule has 7 nitrogen and oxygen atoms in total. The van der Waals surface area contributed by atoms with Crippen molar-refractivity contribution in [1.82, 2.24) is 29.7 Å². The second kappa shape index (κ2) is 8.35. The molecule has 0 aliphatic carbocycles. The first-order valence-corrected chi connectivity index (χ1v) is 11.9. The minimum atomic E-state index is 0.266. The van der Waals surface area contributed by atoms with Crippen LogP contribution in [0.4, 0.5) is 5.82 Å². The summed E-state index contributed by atoms with van der Waals surface area (Å²) in [6, 6.07) is 8.67. The topological polar surface area (TPSA) is 84.3 Å². The van der Waals surface area contributed by atoms with Gasteiger partial charge in [0.1, 0.15) is 5.52 Å². The van der Waals surface area contributed by atoms with Crippen LogP contribution >= 0.6 is 11.3 Å². The third-order valence-electron chi connectivity index (χ3n) is 5.88. The zero-order valence-corrected chi connectivity index (χ0v) is 19.6. The molecule has 0 aliphatic rings. The molecule has 164 valence electrons. The van der Waals surface area contributed by atoms with Crippen LogP contribution in [0, 0.1) is 13.8 Å². The zero-order valence-electron chi connectivity index (χ0n) is 18.8. The number of hydrogen-bond donors (Lipinski definition) is 2. The summed E-state index contributed by atoms with van der Waals surface area (Å²) in [6.45, 7) is 9.22. The predicted octanol–water partition coefficient (Wildman–Crippen LogP) is 5.67. The van der Waals surface area contributed by atoms with E-state index < -0.39 is 0 Å². The van der Waals surface area contributed by atoms with Crippen LogP contribution in [0.1, 0.15) is 43.3 Å².